The van der Waals surface area contributed by atoms with Crippen LogP contribution in [0.25, 0.3) is 0 Å². The summed E-state index contributed by atoms with van der Waals surface area (Å²) in [6.07, 6.45) is 8.44. The van der Waals surface area contributed by atoms with E-state index in [1.807, 2.05) is 0 Å². The highest BCUT2D eigenvalue weighted by atomic mass is 16.5. The average Bonchev–Trinajstić information content (AvgIpc) is 3.19. The van der Waals surface area contributed by atoms with Crippen molar-refractivity contribution in [2.24, 2.45) is 0 Å². The van der Waals surface area contributed by atoms with Crippen LogP contribution in [0.15, 0.2) is 12.3 Å². The van der Waals surface area contributed by atoms with E-state index in [0.717, 1.165) is 25.2 Å². The number of aromatic nitrogens is 2. The van der Waals surface area contributed by atoms with Gasteiger partial charge in [0, 0.05) is 32.4 Å². The lowest BCUT2D eigenvalue weighted by Crippen LogP contribution is -2.32. The van der Waals surface area contributed by atoms with E-state index in [4.69, 9.17) is 9.84 Å². The molecule has 0 unspecified atom stereocenters. The first kappa shape index (κ1) is 14.0. The van der Waals surface area contributed by atoms with Gasteiger partial charge < -0.3 is 9.84 Å². The van der Waals surface area contributed by atoms with E-state index < -0.39 is 0 Å². The standard InChI is InChI=1S/C15H25N3O2/c1-20-15-8-14(11-19)17(10-15)9-12-6-7-18(16-12)13-4-2-3-5-13/h6-7,13-15,19H,2-5,8-11H2,1H3/t14-,15-/m0/s1. The molecule has 1 aliphatic carbocycles. The smallest absolute Gasteiger partial charge is 0.0765 e. The van der Waals surface area contributed by atoms with Crippen molar-refractivity contribution in [1.82, 2.24) is 14.7 Å². The number of rotatable bonds is 5. The van der Waals surface area contributed by atoms with Gasteiger partial charge in [0.05, 0.1) is 24.4 Å². The molecule has 2 atom stereocenters. The number of aliphatic hydroxyl groups excluding tert-OH is 1. The third-order valence-electron chi connectivity index (χ3n) is 4.76. The Hall–Kier alpha value is -0.910. The van der Waals surface area contributed by atoms with Gasteiger partial charge in [0.25, 0.3) is 0 Å². The van der Waals surface area contributed by atoms with Gasteiger partial charge in [-0.15, -0.1) is 0 Å². The number of aliphatic hydroxyl groups is 1. The summed E-state index contributed by atoms with van der Waals surface area (Å²) < 4.78 is 7.56. The van der Waals surface area contributed by atoms with Gasteiger partial charge in [-0.25, -0.2) is 0 Å². The molecule has 5 heteroatoms. The van der Waals surface area contributed by atoms with Crippen molar-refractivity contribution in [3.05, 3.63) is 18.0 Å². The van der Waals surface area contributed by atoms with E-state index in [1.165, 1.54) is 25.7 Å². The number of methoxy groups -OCH3 is 1. The van der Waals surface area contributed by atoms with Crippen LogP contribution in [0.2, 0.25) is 0 Å². The van der Waals surface area contributed by atoms with Crippen LogP contribution in [0, 0.1) is 0 Å². The van der Waals surface area contributed by atoms with Gasteiger partial charge in [0.1, 0.15) is 0 Å². The Labute approximate surface area is 120 Å². The van der Waals surface area contributed by atoms with Crippen molar-refractivity contribution in [1.29, 1.82) is 0 Å². The Balaban J connectivity index is 1.62. The fourth-order valence-electron chi connectivity index (χ4n) is 3.53. The maximum Gasteiger partial charge on any atom is 0.0765 e. The monoisotopic (exact) mass is 279 g/mol. The average molecular weight is 279 g/mol. The van der Waals surface area contributed by atoms with E-state index >= 15 is 0 Å². The maximum absolute atomic E-state index is 9.48. The van der Waals surface area contributed by atoms with Crippen LogP contribution in [-0.2, 0) is 11.3 Å². The van der Waals surface area contributed by atoms with Crippen molar-refractivity contribution in [3.8, 4) is 0 Å². The highest BCUT2D eigenvalue weighted by Crippen LogP contribution is 2.29. The molecule has 0 bridgehead atoms. The second kappa shape index (κ2) is 6.24. The van der Waals surface area contributed by atoms with Gasteiger partial charge in [-0.05, 0) is 25.3 Å². The Morgan fingerprint density at radius 2 is 2.20 bits per heavy atom. The fourth-order valence-corrected chi connectivity index (χ4v) is 3.53. The van der Waals surface area contributed by atoms with Crippen LogP contribution in [0.5, 0.6) is 0 Å². The zero-order valence-corrected chi connectivity index (χ0v) is 12.2. The molecule has 2 aliphatic rings. The molecule has 5 nitrogen and oxygen atoms in total. The molecule has 0 spiro atoms. The molecule has 1 aromatic heterocycles. The molecule has 0 radical (unpaired) electrons. The van der Waals surface area contributed by atoms with E-state index in [9.17, 15) is 5.11 Å². The van der Waals surface area contributed by atoms with E-state index in [0.29, 0.717) is 6.04 Å². The van der Waals surface area contributed by atoms with Crippen LogP contribution < -0.4 is 0 Å². The summed E-state index contributed by atoms with van der Waals surface area (Å²) in [5, 5.41) is 14.2. The number of hydrogen-bond acceptors (Lipinski definition) is 4. The molecule has 0 aromatic carbocycles. The van der Waals surface area contributed by atoms with Crippen molar-refractivity contribution in [2.75, 3.05) is 20.3 Å². The summed E-state index contributed by atoms with van der Waals surface area (Å²) in [4.78, 5) is 2.29. The van der Waals surface area contributed by atoms with Crippen molar-refractivity contribution in [2.45, 2.75) is 56.8 Å². The molecule has 1 N–H and O–H groups in total. The zero-order chi connectivity index (χ0) is 13.9. The highest BCUT2D eigenvalue weighted by molar-refractivity contribution is 5.02. The second-order valence-electron chi connectivity index (χ2n) is 6.08. The first-order chi connectivity index (χ1) is 9.80. The van der Waals surface area contributed by atoms with Gasteiger partial charge in [0.15, 0.2) is 0 Å². The minimum Gasteiger partial charge on any atom is -0.395 e. The van der Waals surface area contributed by atoms with Crippen LogP contribution in [0.3, 0.4) is 0 Å². The molecule has 1 saturated heterocycles. The molecule has 3 rings (SSSR count). The molecule has 1 aliphatic heterocycles. The molecular formula is C15H25N3O2. The zero-order valence-electron chi connectivity index (χ0n) is 12.2. The fraction of sp³-hybridized carbons (Fsp3) is 0.800. The Morgan fingerprint density at radius 1 is 1.40 bits per heavy atom. The molecule has 2 heterocycles. The molecular weight excluding hydrogens is 254 g/mol. The Morgan fingerprint density at radius 3 is 2.90 bits per heavy atom. The second-order valence-corrected chi connectivity index (χ2v) is 6.08. The molecule has 112 valence electrons. The van der Waals surface area contributed by atoms with Crippen LogP contribution in [0.4, 0.5) is 0 Å². The SMILES string of the molecule is CO[C@H]1C[C@@H](CO)N(Cc2ccn(C3CCCC3)n2)C1. The number of likely N-dealkylation sites (tertiary alicyclic amines) is 1. The Kier molecular flexibility index (Phi) is 4.38. The predicted molar refractivity (Wildman–Crippen MR) is 76.4 cm³/mol. The minimum absolute atomic E-state index is 0.198. The molecule has 1 saturated carbocycles. The summed E-state index contributed by atoms with van der Waals surface area (Å²) in [7, 11) is 1.75. The van der Waals surface area contributed by atoms with Crippen molar-refractivity contribution in [3.63, 3.8) is 0 Å². The van der Waals surface area contributed by atoms with Gasteiger partial charge in [0.2, 0.25) is 0 Å². The highest BCUT2D eigenvalue weighted by Gasteiger charge is 2.32. The van der Waals surface area contributed by atoms with Crippen molar-refractivity contribution < 1.29 is 9.84 Å². The van der Waals surface area contributed by atoms with Gasteiger partial charge >= 0.3 is 0 Å². The van der Waals surface area contributed by atoms with Crippen LogP contribution >= 0.6 is 0 Å². The normalized spacial score (nSPS) is 28.5. The number of hydrogen-bond donors (Lipinski definition) is 1. The van der Waals surface area contributed by atoms with E-state index in [2.05, 4.69) is 21.8 Å². The van der Waals surface area contributed by atoms with Gasteiger partial charge in [-0.3, -0.25) is 9.58 Å². The lowest BCUT2D eigenvalue weighted by molar-refractivity contribution is 0.107. The number of nitrogens with zero attached hydrogens (tertiary/aromatic N) is 3. The third-order valence-corrected chi connectivity index (χ3v) is 4.76. The van der Waals surface area contributed by atoms with E-state index in [1.54, 1.807) is 7.11 Å². The largest absolute Gasteiger partial charge is 0.395 e. The van der Waals surface area contributed by atoms with Crippen LogP contribution in [0.1, 0.15) is 43.8 Å². The molecule has 0 amide bonds. The minimum atomic E-state index is 0.198. The summed E-state index contributed by atoms with van der Waals surface area (Å²) >= 11 is 0. The quantitative estimate of drug-likeness (QED) is 0.889. The first-order valence-electron chi connectivity index (χ1n) is 7.72. The first-order valence-corrected chi connectivity index (χ1v) is 7.72. The van der Waals surface area contributed by atoms with Crippen molar-refractivity contribution >= 4 is 0 Å². The summed E-state index contributed by atoms with van der Waals surface area (Å²) in [5.74, 6) is 0. The number of ether oxygens (including phenoxy) is 1. The topological polar surface area (TPSA) is 50.5 Å². The lowest BCUT2D eigenvalue weighted by Gasteiger charge is -2.21. The van der Waals surface area contributed by atoms with E-state index in [-0.39, 0.29) is 18.8 Å². The predicted octanol–water partition coefficient (Wildman–Crippen LogP) is 1.58. The third kappa shape index (κ3) is 2.90. The lowest BCUT2D eigenvalue weighted by atomic mass is 10.2. The molecule has 20 heavy (non-hydrogen) atoms. The maximum atomic E-state index is 9.48. The summed E-state index contributed by atoms with van der Waals surface area (Å²) in [6.45, 7) is 1.89. The van der Waals surface area contributed by atoms with Crippen LogP contribution in [-0.4, -0.2) is 52.2 Å². The summed E-state index contributed by atoms with van der Waals surface area (Å²) in [5.41, 5.74) is 1.10. The molecule has 1 aromatic rings. The Bertz CT molecular complexity index is 429. The summed E-state index contributed by atoms with van der Waals surface area (Å²) in [6, 6.07) is 2.92. The van der Waals surface area contributed by atoms with Gasteiger partial charge in [-0.1, -0.05) is 12.8 Å². The molecule has 2 fully saturated rings. The van der Waals surface area contributed by atoms with Gasteiger partial charge in [-0.2, -0.15) is 5.10 Å².